The van der Waals surface area contributed by atoms with Crippen molar-refractivity contribution >= 4 is 40.2 Å². The van der Waals surface area contributed by atoms with E-state index in [9.17, 15) is 9.59 Å². The fourth-order valence-corrected chi connectivity index (χ4v) is 4.28. The van der Waals surface area contributed by atoms with Crippen LogP contribution in [0.3, 0.4) is 0 Å². The first-order chi connectivity index (χ1) is 17.4. The zero-order valence-electron chi connectivity index (χ0n) is 21.8. The van der Waals surface area contributed by atoms with Gasteiger partial charge in [-0.15, -0.1) is 0 Å². The van der Waals surface area contributed by atoms with Crippen LogP contribution in [0.25, 0.3) is 10.9 Å². The minimum atomic E-state index is -0.809. The van der Waals surface area contributed by atoms with Crippen molar-refractivity contribution in [3.63, 3.8) is 0 Å². The number of amides is 2. The van der Waals surface area contributed by atoms with Crippen molar-refractivity contribution in [3.8, 4) is 0 Å². The Balaban J connectivity index is 1.57. The lowest BCUT2D eigenvalue weighted by Crippen LogP contribution is -2.48. The molecule has 0 unspecified atom stereocenters. The molecule has 198 valence electrons. The number of halogens is 1. The highest BCUT2D eigenvalue weighted by atomic mass is 19.1. The van der Waals surface area contributed by atoms with Crippen LogP contribution >= 0.6 is 0 Å². The van der Waals surface area contributed by atoms with Crippen LogP contribution in [-0.2, 0) is 11.3 Å². The largest absolute Gasteiger partial charge is 0.444 e. The number of aromatic nitrogens is 3. The predicted octanol–water partition coefficient (Wildman–Crippen LogP) is 4.54. The zero-order valence-corrected chi connectivity index (χ0v) is 21.8. The van der Waals surface area contributed by atoms with E-state index in [1.165, 1.54) is 0 Å². The number of rotatable bonds is 9. The van der Waals surface area contributed by atoms with Gasteiger partial charge in [0.05, 0.1) is 23.3 Å². The number of hydrogen-bond acceptors (Lipinski definition) is 7. The van der Waals surface area contributed by atoms with Gasteiger partial charge in [-0.2, -0.15) is 5.10 Å². The maximum absolute atomic E-state index is 15.0. The SMILES string of the molecule is CCn1ncc2cc(Nc3nc(N[C@H](C)[C@@H](NC(=O)OC(C)(C)C)C4CC4)c(F)cc3C(N)=O)ccc21. The Bertz CT molecular complexity index is 1310. The number of carbonyl (C=O) groups is 2. The van der Waals surface area contributed by atoms with Crippen LogP contribution < -0.4 is 21.7 Å². The fourth-order valence-electron chi connectivity index (χ4n) is 4.28. The summed E-state index contributed by atoms with van der Waals surface area (Å²) in [7, 11) is 0. The van der Waals surface area contributed by atoms with Gasteiger partial charge in [-0.1, -0.05) is 0 Å². The van der Waals surface area contributed by atoms with Crippen molar-refractivity contribution in [1.82, 2.24) is 20.1 Å². The molecule has 0 spiro atoms. The lowest BCUT2D eigenvalue weighted by atomic mass is 10.1. The molecule has 2 amide bonds. The highest BCUT2D eigenvalue weighted by Crippen LogP contribution is 2.35. The number of nitrogens with zero attached hydrogens (tertiary/aromatic N) is 3. The molecule has 10 nitrogen and oxygen atoms in total. The minimum Gasteiger partial charge on any atom is -0.444 e. The average Bonchev–Trinajstić information content (AvgIpc) is 3.57. The van der Waals surface area contributed by atoms with Gasteiger partial charge in [0, 0.05) is 23.7 Å². The highest BCUT2D eigenvalue weighted by Gasteiger charge is 2.37. The number of ether oxygens (including phenoxy) is 1. The van der Waals surface area contributed by atoms with Gasteiger partial charge in [-0.3, -0.25) is 9.48 Å². The number of nitrogens with one attached hydrogen (secondary N) is 3. The molecule has 0 radical (unpaired) electrons. The van der Waals surface area contributed by atoms with Crippen molar-refractivity contribution in [1.29, 1.82) is 0 Å². The molecule has 3 aromatic rings. The number of aryl methyl sites for hydroxylation is 1. The van der Waals surface area contributed by atoms with Crippen LogP contribution in [0.5, 0.6) is 0 Å². The third-order valence-corrected chi connectivity index (χ3v) is 6.16. The molecule has 1 aromatic carbocycles. The van der Waals surface area contributed by atoms with Gasteiger partial charge in [0.25, 0.3) is 5.91 Å². The summed E-state index contributed by atoms with van der Waals surface area (Å²) < 4.78 is 22.3. The topological polar surface area (TPSA) is 136 Å². The maximum atomic E-state index is 15.0. The first kappa shape index (κ1) is 26.2. The van der Waals surface area contributed by atoms with E-state index in [1.807, 2.05) is 36.7 Å². The second-order valence-corrected chi connectivity index (χ2v) is 10.4. The van der Waals surface area contributed by atoms with Crippen LogP contribution in [0.2, 0.25) is 0 Å². The van der Waals surface area contributed by atoms with Crippen LogP contribution in [0.4, 0.5) is 26.5 Å². The second-order valence-electron chi connectivity index (χ2n) is 10.4. The quantitative estimate of drug-likeness (QED) is 0.331. The van der Waals surface area contributed by atoms with E-state index in [2.05, 4.69) is 26.0 Å². The minimum absolute atomic E-state index is 0.0588. The van der Waals surface area contributed by atoms with E-state index < -0.39 is 23.4 Å². The van der Waals surface area contributed by atoms with E-state index in [4.69, 9.17) is 10.5 Å². The third-order valence-electron chi connectivity index (χ3n) is 6.16. The van der Waals surface area contributed by atoms with Gasteiger partial charge in [0.15, 0.2) is 11.6 Å². The Morgan fingerprint density at radius 2 is 1.97 bits per heavy atom. The number of fused-ring (bicyclic) bond motifs is 1. The Hall–Kier alpha value is -3.89. The van der Waals surface area contributed by atoms with Gasteiger partial charge in [-0.25, -0.2) is 14.2 Å². The van der Waals surface area contributed by atoms with Gasteiger partial charge in [0.2, 0.25) is 0 Å². The number of benzene rings is 1. The molecule has 0 aliphatic heterocycles. The maximum Gasteiger partial charge on any atom is 0.407 e. The van der Waals surface area contributed by atoms with E-state index in [0.717, 1.165) is 36.4 Å². The number of pyridine rings is 1. The number of hydrogen-bond donors (Lipinski definition) is 4. The van der Waals surface area contributed by atoms with Crippen molar-refractivity contribution in [2.24, 2.45) is 11.7 Å². The van der Waals surface area contributed by atoms with Crippen molar-refractivity contribution < 1.29 is 18.7 Å². The molecule has 37 heavy (non-hydrogen) atoms. The molecule has 1 saturated carbocycles. The Morgan fingerprint density at radius 3 is 2.59 bits per heavy atom. The molecule has 2 atom stereocenters. The van der Waals surface area contributed by atoms with E-state index >= 15 is 4.39 Å². The number of anilines is 3. The molecule has 1 aliphatic carbocycles. The molecular formula is C26H34FN7O3. The standard InChI is InChI=1S/C26H34FN7O3/c1-6-34-20-10-9-17(11-16(20)13-29-34)31-23-18(22(28)35)12-19(27)24(33-23)30-14(2)21(15-7-8-15)32-25(36)37-26(3,4)5/h9-15,21H,6-8H2,1-5H3,(H2,28,35)(H,32,36)(H2,30,31,33)/t14-,21-/m1/s1. The van der Waals surface area contributed by atoms with E-state index in [-0.39, 0.29) is 35.2 Å². The summed E-state index contributed by atoms with van der Waals surface area (Å²) in [6.45, 7) is 9.97. The second kappa shape index (κ2) is 10.2. The molecule has 4 rings (SSSR count). The molecule has 0 saturated heterocycles. The Labute approximate surface area is 215 Å². The van der Waals surface area contributed by atoms with Crippen molar-refractivity contribution in [2.75, 3.05) is 10.6 Å². The molecular weight excluding hydrogens is 477 g/mol. The normalized spacial score (nSPS) is 15.2. The molecule has 1 fully saturated rings. The summed E-state index contributed by atoms with van der Waals surface area (Å²) >= 11 is 0. The van der Waals surface area contributed by atoms with Gasteiger partial charge < -0.3 is 26.4 Å². The van der Waals surface area contributed by atoms with Gasteiger partial charge in [0.1, 0.15) is 11.4 Å². The lowest BCUT2D eigenvalue weighted by molar-refractivity contribution is 0.0492. The fraction of sp³-hybridized carbons (Fsp3) is 0.462. The van der Waals surface area contributed by atoms with Crippen LogP contribution in [-0.4, -0.2) is 44.4 Å². The third kappa shape index (κ3) is 6.28. The predicted molar refractivity (Wildman–Crippen MR) is 140 cm³/mol. The first-order valence-corrected chi connectivity index (χ1v) is 12.4. The Morgan fingerprint density at radius 1 is 1.24 bits per heavy atom. The van der Waals surface area contributed by atoms with Gasteiger partial charge in [-0.05, 0) is 77.6 Å². The van der Waals surface area contributed by atoms with Gasteiger partial charge >= 0.3 is 6.09 Å². The zero-order chi connectivity index (χ0) is 26.9. The first-order valence-electron chi connectivity index (χ1n) is 12.4. The smallest absolute Gasteiger partial charge is 0.407 e. The van der Waals surface area contributed by atoms with E-state index in [0.29, 0.717) is 5.69 Å². The Kier molecular flexibility index (Phi) is 7.24. The van der Waals surface area contributed by atoms with Crippen LogP contribution in [0.1, 0.15) is 57.8 Å². The number of primary amides is 1. The van der Waals surface area contributed by atoms with Crippen LogP contribution in [0, 0.1) is 11.7 Å². The summed E-state index contributed by atoms with van der Waals surface area (Å²) in [6, 6.07) is 6.01. The molecule has 1 aliphatic rings. The highest BCUT2D eigenvalue weighted by molar-refractivity contribution is 5.99. The lowest BCUT2D eigenvalue weighted by Gasteiger charge is -2.28. The van der Waals surface area contributed by atoms with Crippen LogP contribution in [0.15, 0.2) is 30.5 Å². The summed E-state index contributed by atoms with van der Waals surface area (Å²) in [6.07, 6.45) is 3.13. The summed E-state index contributed by atoms with van der Waals surface area (Å²) in [5.41, 5.74) is 6.42. The monoisotopic (exact) mass is 511 g/mol. The molecule has 11 heteroatoms. The summed E-state index contributed by atoms with van der Waals surface area (Å²) in [5, 5.41) is 14.3. The molecule has 2 aromatic heterocycles. The van der Waals surface area contributed by atoms with E-state index in [1.54, 1.807) is 27.0 Å². The average molecular weight is 512 g/mol. The number of nitrogens with two attached hydrogens (primary N) is 1. The van der Waals surface area contributed by atoms with Crippen molar-refractivity contribution in [3.05, 3.63) is 41.8 Å². The summed E-state index contributed by atoms with van der Waals surface area (Å²) in [5.74, 6) is -1.23. The number of carbonyl (C=O) groups excluding carboxylic acids is 2. The molecule has 2 heterocycles. The molecule has 5 N–H and O–H groups in total. The summed E-state index contributed by atoms with van der Waals surface area (Å²) in [4.78, 5) is 28.8. The van der Waals surface area contributed by atoms with Crippen molar-refractivity contribution in [2.45, 2.75) is 71.7 Å². The number of alkyl carbamates (subject to hydrolysis) is 1. The molecule has 0 bridgehead atoms.